The Bertz CT molecular complexity index is 4320. The molecule has 0 unspecified atom stereocenters. The highest BCUT2D eigenvalue weighted by molar-refractivity contribution is 7.25. The third-order valence-electron chi connectivity index (χ3n) is 13.6. The van der Waals surface area contributed by atoms with E-state index < -0.39 is 0 Å². The second kappa shape index (κ2) is 12.6. The van der Waals surface area contributed by atoms with Crippen LogP contribution in [0.3, 0.4) is 0 Å². The van der Waals surface area contributed by atoms with Crippen molar-refractivity contribution in [3.63, 3.8) is 0 Å². The quantitative estimate of drug-likeness (QED) is 0.178. The van der Waals surface area contributed by atoms with Gasteiger partial charge in [-0.3, -0.25) is 4.57 Å². The molecule has 14 aromatic rings. The molecule has 6 heterocycles. The minimum Gasteiger partial charge on any atom is -0.309 e. The van der Waals surface area contributed by atoms with Crippen molar-refractivity contribution in [2.75, 3.05) is 0 Å². The zero-order valence-electron chi connectivity index (χ0n) is 34.2. The van der Waals surface area contributed by atoms with Crippen LogP contribution in [0.15, 0.2) is 200 Å². The van der Waals surface area contributed by atoms with Crippen molar-refractivity contribution in [1.29, 1.82) is 0 Å². The lowest BCUT2D eigenvalue weighted by Gasteiger charge is -2.14. The average Bonchev–Trinajstić information content (AvgIpc) is 4.06. The minimum absolute atomic E-state index is 0.820. The number of hydrogen-bond acceptors (Lipinski definition) is 3. The third kappa shape index (κ3) is 4.51. The zero-order valence-corrected chi connectivity index (χ0v) is 35.0. The number of rotatable bonds is 3. The largest absolute Gasteiger partial charge is 0.309 e. The van der Waals surface area contributed by atoms with Crippen LogP contribution in [0.25, 0.3) is 137 Å². The smallest absolute Gasteiger partial charge is 0.166 e. The van der Waals surface area contributed by atoms with Gasteiger partial charge < -0.3 is 9.13 Å². The highest BCUT2D eigenvalue weighted by Gasteiger charge is 2.27. The fourth-order valence-corrected chi connectivity index (χ4v) is 11.9. The number of para-hydroxylation sites is 5. The van der Waals surface area contributed by atoms with Crippen LogP contribution in [0.1, 0.15) is 0 Å². The summed E-state index contributed by atoms with van der Waals surface area (Å²) in [7, 11) is 0. The molecular weight excluding hydrogens is 799 g/mol. The van der Waals surface area contributed by atoms with Gasteiger partial charge in [0.2, 0.25) is 0 Å². The molecule has 6 heteroatoms. The van der Waals surface area contributed by atoms with Crippen molar-refractivity contribution in [3.05, 3.63) is 200 Å². The Kier molecular flexibility index (Phi) is 6.77. The molecule has 0 N–H and O–H groups in total. The van der Waals surface area contributed by atoms with Crippen LogP contribution in [-0.2, 0) is 0 Å². The fourth-order valence-electron chi connectivity index (χ4n) is 10.9. The van der Waals surface area contributed by atoms with E-state index >= 15 is 0 Å². The molecule has 0 saturated heterocycles. The second-order valence-corrected chi connectivity index (χ2v) is 17.9. The summed E-state index contributed by atoms with van der Waals surface area (Å²) in [5.74, 6) is 0.820. The summed E-state index contributed by atoms with van der Waals surface area (Å²) in [6.07, 6.45) is 0. The van der Waals surface area contributed by atoms with Crippen LogP contribution in [0, 0.1) is 0 Å². The van der Waals surface area contributed by atoms with E-state index in [2.05, 4.69) is 214 Å². The van der Waals surface area contributed by atoms with E-state index in [1.807, 2.05) is 0 Å². The van der Waals surface area contributed by atoms with Crippen molar-refractivity contribution in [2.24, 2.45) is 0 Å². The predicted molar refractivity (Wildman–Crippen MR) is 268 cm³/mol. The predicted octanol–water partition coefficient (Wildman–Crippen LogP) is 15.5. The Hall–Kier alpha value is -8.32. The molecule has 0 atom stereocenters. The third-order valence-corrected chi connectivity index (χ3v) is 14.7. The first-order chi connectivity index (χ1) is 31.8. The van der Waals surface area contributed by atoms with Crippen molar-refractivity contribution in [2.45, 2.75) is 0 Å². The van der Waals surface area contributed by atoms with Gasteiger partial charge in [0.15, 0.2) is 5.82 Å². The number of hydrogen-bond donors (Lipinski definition) is 0. The second-order valence-electron chi connectivity index (χ2n) is 16.9. The summed E-state index contributed by atoms with van der Waals surface area (Å²) in [6, 6.07) is 72.9. The van der Waals surface area contributed by atoms with Gasteiger partial charge in [-0.25, -0.2) is 9.97 Å². The van der Waals surface area contributed by atoms with Gasteiger partial charge in [-0.15, -0.1) is 11.3 Å². The number of fused-ring (bicyclic) bond motifs is 17. The number of aromatic nitrogens is 5. The zero-order chi connectivity index (χ0) is 41.6. The molecule has 296 valence electrons. The first kappa shape index (κ1) is 34.3. The van der Waals surface area contributed by atoms with E-state index in [1.165, 1.54) is 81.5 Å². The highest BCUT2D eigenvalue weighted by Crippen LogP contribution is 2.49. The van der Waals surface area contributed by atoms with E-state index in [1.54, 1.807) is 11.3 Å². The number of thiophene rings is 1. The molecule has 0 fully saturated rings. The maximum atomic E-state index is 5.69. The molecular formula is C58H33N5S. The van der Waals surface area contributed by atoms with E-state index in [-0.39, 0.29) is 0 Å². The van der Waals surface area contributed by atoms with Crippen LogP contribution < -0.4 is 0 Å². The minimum atomic E-state index is 0.820. The number of nitrogens with zero attached hydrogens (tertiary/aromatic N) is 5. The molecule has 0 spiro atoms. The topological polar surface area (TPSA) is 40.6 Å². The standard InChI is InChI=1S/C58H33N5S/c1-2-15-35(16-3-1)61-47-25-10-7-20-39(47)44-31-34(29-30-50(44)61)54-57(60-58-55(59-54)43-22-9-13-28-53(43)64-58)63-49-27-12-8-21-40(49)45-32-51-46(33-52(45)63)42-24-14-23-41-37-18-5-4-17-36(37)38-19-6-11-26-48(38)62(51)56(41)42/h1-33H. The normalized spacial score (nSPS) is 12.4. The van der Waals surface area contributed by atoms with Crippen LogP contribution in [-0.4, -0.2) is 23.7 Å². The van der Waals surface area contributed by atoms with Gasteiger partial charge in [-0.05, 0) is 71.8 Å². The van der Waals surface area contributed by atoms with Crippen LogP contribution in [0.5, 0.6) is 0 Å². The Morgan fingerprint density at radius 2 is 0.938 bits per heavy atom. The summed E-state index contributed by atoms with van der Waals surface area (Å²) >= 11 is 1.71. The Morgan fingerprint density at radius 3 is 1.75 bits per heavy atom. The van der Waals surface area contributed by atoms with E-state index in [0.29, 0.717) is 0 Å². The van der Waals surface area contributed by atoms with Crippen molar-refractivity contribution >= 4 is 97.2 Å². The van der Waals surface area contributed by atoms with Crippen molar-refractivity contribution in [1.82, 2.24) is 23.7 Å². The SMILES string of the molecule is c1ccc(-n2c3ccccc3c3cc(-c4nc5c(nc4-n4c6ccccc6c6cc7c(cc64)c4cccc6c4n7-c4ccccc4-c4ccccc4-6)sc4ccccc45)ccc32)cc1. The van der Waals surface area contributed by atoms with E-state index in [9.17, 15) is 0 Å². The van der Waals surface area contributed by atoms with Gasteiger partial charge in [0.1, 0.15) is 16.0 Å². The summed E-state index contributed by atoms with van der Waals surface area (Å²) in [4.78, 5) is 12.3. The van der Waals surface area contributed by atoms with Gasteiger partial charge >= 0.3 is 0 Å². The van der Waals surface area contributed by atoms with Crippen LogP contribution >= 0.6 is 11.3 Å². The molecule has 0 saturated carbocycles. The van der Waals surface area contributed by atoms with Crippen molar-refractivity contribution in [3.8, 4) is 50.7 Å². The first-order valence-corrected chi connectivity index (χ1v) is 22.6. The van der Waals surface area contributed by atoms with E-state index in [0.717, 1.165) is 55.0 Å². The monoisotopic (exact) mass is 831 g/mol. The Labute approximate surface area is 370 Å². The lowest BCUT2D eigenvalue weighted by Crippen LogP contribution is -2.03. The first-order valence-electron chi connectivity index (χ1n) is 21.7. The van der Waals surface area contributed by atoms with Gasteiger partial charge in [0.25, 0.3) is 0 Å². The molecule has 1 aliphatic heterocycles. The van der Waals surface area contributed by atoms with Gasteiger partial charge in [0, 0.05) is 64.8 Å². The van der Waals surface area contributed by atoms with Gasteiger partial charge in [-0.2, -0.15) is 0 Å². The number of benzene rings is 9. The molecule has 0 aliphatic carbocycles. The molecule has 64 heavy (non-hydrogen) atoms. The summed E-state index contributed by atoms with van der Waals surface area (Å²) < 4.78 is 8.44. The molecule has 0 amide bonds. The molecule has 5 nitrogen and oxygen atoms in total. The molecule has 5 aromatic heterocycles. The van der Waals surface area contributed by atoms with E-state index in [4.69, 9.17) is 9.97 Å². The molecule has 1 aliphatic rings. The highest BCUT2D eigenvalue weighted by atomic mass is 32.1. The fraction of sp³-hybridized carbons (Fsp3) is 0. The molecule has 9 aromatic carbocycles. The average molecular weight is 832 g/mol. The van der Waals surface area contributed by atoms with Crippen LogP contribution in [0.4, 0.5) is 0 Å². The summed E-state index contributed by atoms with van der Waals surface area (Å²) in [6.45, 7) is 0. The maximum absolute atomic E-state index is 5.69. The molecule has 0 radical (unpaired) electrons. The van der Waals surface area contributed by atoms with Gasteiger partial charge in [-0.1, -0.05) is 140 Å². The summed E-state index contributed by atoms with van der Waals surface area (Å²) in [5, 5.41) is 8.28. The lowest BCUT2D eigenvalue weighted by molar-refractivity contribution is 1.09. The molecule has 15 rings (SSSR count). The van der Waals surface area contributed by atoms with Crippen LogP contribution in [0.2, 0.25) is 0 Å². The van der Waals surface area contributed by atoms with Gasteiger partial charge in [0.05, 0.1) is 38.8 Å². The molecule has 0 bridgehead atoms. The van der Waals surface area contributed by atoms with Crippen molar-refractivity contribution < 1.29 is 0 Å². The lowest BCUT2D eigenvalue weighted by atomic mass is 9.94. The Morgan fingerprint density at radius 1 is 0.359 bits per heavy atom. The Balaban J connectivity index is 1.07. The summed E-state index contributed by atoms with van der Waals surface area (Å²) in [5.41, 5.74) is 17.0. The maximum Gasteiger partial charge on any atom is 0.166 e.